The minimum atomic E-state index is -0.981. The van der Waals surface area contributed by atoms with E-state index in [2.05, 4.69) is 0 Å². The van der Waals surface area contributed by atoms with Gasteiger partial charge in [-0.25, -0.2) is 0 Å². The molecule has 1 unspecified atom stereocenters. The first kappa shape index (κ1) is 14.1. The molecular weight excluding hydrogens is 223 g/mol. The summed E-state index contributed by atoms with van der Waals surface area (Å²) in [6, 6.07) is 0. The normalized spacial score (nSPS) is 27.9. The van der Waals surface area contributed by atoms with Gasteiger partial charge < -0.3 is 19.4 Å². The Morgan fingerprint density at radius 1 is 1.40 bits per heavy atom. The maximum Gasteiger partial charge on any atom is 1.00 e. The zero-order chi connectivity index (χ0) is 10.0. The molecule has 0 aromatic heterocycles. The van der Waals surface area contributed by atoms with E-state index in [1.165, 1.54) is 0 Å². The van der Waals surface area contributed by atoms with Crippen molar-refractivity contribution in [3.8, 4) is 0 Å². The second kappa shape index (κ2) is 6.09. The van der Waals surface area contributed by atoms with E-state index in [9.17, 15) is 9.90 Å². The van der Waals surface area contributed by atoms with Gasteiger partial charge in [0.15, 0.2) is 5.79 Å². The van der Waals surface area contributed by atoms with E-state index in [4.69, 9.17) is 9.47 Å². The Morgan fingerprint density at radius 3 is 2.67 bits per heavy atom. The van der Waals surface area contributed by atoms with E-state index >= 15 is 0 Å². The standard InChI is InChI=1S/C10H16O4.K/c11-9(12)4-3-8-2-1-5-10(8)13-6-7-14-10;/h8H,1-7H2,(H,11,12);/q;+1/p-1. The molecule has 0 amide bonds. The quantitative estimate of drug-likeness (QED) is 0.494. The second-order valence-corrected chi connectivity index (χ2v) is 4.01. The van der Waals surface area contributed by atoms with Crippen LogP contribution in [0.2, 0.25) is 0 Å². The predicted octanol–water partition coefficient (Wildman–Crippen LogP) is -2.94. The third-order valence-electron chi connectivity index (χ3n) is 3.17. The van der Waals surface area contributed by atoms with Gasteiger partial charge in [0.2, 0.25) is 0 Å². The summed E-state index contributed by atoms with van der Waals surface area (Å²) in [5, 5.41) is 10.4. The first-order chi connectivity index (χ1) is 6.73. The second-order valence-electron chi connectivity index (χ2n) is 4.01. The predicted molar refractivity (Wildman–Crippen MR) is 46.2 cm³/mol. The fraction of sp³-hybridized carbons (Fsp3) is 0.900. The van der Waals surface area contributed by atoms with Gasteiger partial charge in [-0.15, -0.1) is 0 Å². The largest absolute Gasteiger partial charge is 1.00 e. The molecule has 0 radical (unpaired) electrons. The van der Waals surface area contributed by atoms with Gasteiger partial charge in [0.05, 0.1) is 13.2 Å². The molecule has 2 fully saturated rings. The van der Waals surface area contributed by atoms with Crippen LogP contribution < -0.4 is 56.5 Å². The number of rotatable bonds is 3. The van der Waals surface area contributed by atoms with Gasteiger partial charge in [0, 0.05) is 18.3 Å². The van der Waals surface area contributed by atoms with E-state index in [1.54, 1.807) is 0 Å². The molecule has 0 aromatic rings. The van der Waals surface area contributed by atoms with Crippen LogP contribution in [0.25, 0.3) is 0 Å². The maximum atomic E-state index is 10.4. The Balaban J connectivity index is 0.00000112. The number of hydrogen-bond donors (Lipinski definition) is 0. The van der Waals surface area contributed by atoms with Crippen LogP contribution in [-0.4, -0.2) is 25.0 Å². The molecule has 1 spiro atoms. The zero-order valence-electron chi connectivity index (χ0n) is 9.16. The summed E-state index contributed by atoms with van der Waals surface area (Å²) in [5.41, 5.74) is 0. The van der Waals surface area contributed by atoms with Crippen molar-refractivity contribution < 1.29 is 70.8 Å². The molecule has 15 heavy (non-hydrogen) atoms. The third-order valence-corrected chi connectivity index (χ3v) is 3.17. The Bertz CT molecular complexity index is 220. The minimum absolute atomic E-state index is 0. The smallest absolute Gasteiger partial charge is 0.550 e. The van der Waals surface area contributed by atoms with Crippen LogP contribution in [0.4, 0.5) is 0 Å². The van der Waals surface area contributed by atoms with Crippen molar-refractivity contribution in [2.24, 2.45) is 5.92 Å². The Hall–Kier alpha value is 1.03. The number of ether oxygens (including phenoxy) is 2. The number of carboxylic acid groups (broad SMARTS) is 1. The third kappa shape index (κ3) is 3.25. The Labute approximate surface area is 132 Å². The fourth-order valence-electron chi connectivity index (χ4n) is 2.53. The van der Waals surface area contributed by atoms with Gasteiger partial charge in [-0.2, -0.15) is 0 Å². The Kier molecular flexibility index (Phi) is 5.72. The van der Waals surface area contributed by atoms with Crippen LogP contribution in [0.3, 0.4) is 0 Å². The average Bonchev–Trinajstić information content (AvgIpc) is 2.74. The van der Waals surface area contributed by atoms with Crippen molar-refractivity contribution in [1.29, 1.82) is 0 Å². The Morgan fingerprint density at radius 2 is 2.07 bits per heavy atom. The monoisotopic (exact) mass is 238 g/mol. The van der Waals surface area contributed by atoms with Crippen LogP contribution in [0.1, 0.15) is 32.1 Å². The summed E-state index contributed by atoms with van der Waals surface area (Å²) in [6.45, 7) is 1.28. The van der Waals surface area contributed by atoms with E-state index in [-0.39, 0.29) is 63.7 Å². The van der Waals surface area contributed by atoms with Crippen LogP contribution in [0.15, 0.2) is 0 Å². The first-order valence-electron chi connectivity index (χ1n) is 5.21. The number of hydrogen-bond acceptors (Lipinski definition) is 4. The molecular formula is C10H15KO4. The number of carbonyl (C=O) groups excluding carboxylic acids is 1. The molecule has 1 atom stereocenters. The SMILES string of the molecule is O=C([O-])CCC1CCCC12OCCO2.[K+]. The summed E-state index contributed by atoms with van der Waals surface area (Å²) < 4.78 is 11.2. The van der Waals surface area contributed by atoms with Crippen LogP contribution in [-0.2, 0) is 14.3 Å². The summed E-state index contributed by atoms with van der Waals surface area (Å²) >= 11 is 0. The summed E-state index contributed by atoms with van der Waals surface area (Å²) in [5.74, 6) is -1.19. The van der Waals surface area contributed by atoms with Gasteiger partial charge in [-0.3, -0.25) is 0 Å². The molecule has 0 N–H and O–H groups in total. The van der Waals surface area contributed by atoms with Crippen molar-refractivity contribution >= 4 is 5.97 Å². The molecule has 2 rings (SSSR count). The van der Waals surface area contributed by atoms with Crippen LogP contribution in [0, 0.1) is 5.92 Å². The van der Waals surface area contributed by atoms with Crippen molar-refractivity contribution in [2.45, 2.75) is 37.9 Å². The van der Waals surface area contributed by atoms with Crippen molar-refractivity contribution in [3.05, 3.63) is 0 Å². The van der Waals surface area contributed by atoms with Crippen LogP contribution >= 0.6 is 0 Å². The summed E-state index contributed by atoms with van der Waals surface area (Å²) in [4.78, 5) is 10.4. The summed E-state index contributed by atoms with van der Waals surface area (Å²) in [6.07, 6.45) is 3.71. The van der Waals surface area contributed by atoms with Gasteiger partial charge in [0.25, 0.3) is 0 Å². The number of aliphatic carboxylic acids is 1. The first-order valence-corrected chi connectivity index (χ1v) is 5.21. The van der Waals surface area contributed by atoms with Gasteiger partial charge in [-0.1, -0.05) is 0 Å². The molecule has 1 saturated heterocycles. The molecule has 1 aliphatic heterocycles. The topological polar surface area (TPSA) is 58.6 Å². The van der Waals surface area contributed by atoms with Crippen LogP contribution in [0.5, 0.6) is 0 Å². The molecule has 1 saturated carbocycles. The molecule has 80 valence electrons. The maximum absolute atomic E-state index is 10.4. The molecule has 5 heteroatoms. The molecule has 1 aliphatic carbocycles. The van der Waals surface area contributed by atoms with Crippen molar-refractivity contribution in [1.82, 2.24) is 0 Å². The average molecular weight is 238 g/mol. The minimum Gasteiger partial charge on any atom is -0.550 e. The van der Waals surface area contributed by atoms with E-state index in [1.807, 2.05) is 0 Å². The van der Waals surface area contributed by atoms with Gasteiger partial charge >= 0.3 is 51.4 Å². The van der Waals surface area contributed by atoms with Gasteiger partial charge in [-0.05, 0) is 25.7 Å². The van der Waals surface area contributed by atoms with E-state index in [0.717, 1.165) is 19.3 Å². The molecule has 4 nitrogen and oxygen atoms in total. The summed E-state index contributed by atoms with van der Waals surface area (Å²) in [7, 11) is 0. The van der Waals surface area contributed by atoms with E-state index < -0.39 is 11.8 Å². The molecule has 1 heterocycles. The fourth-order valence-corrected chi connectivity index (χ4v) is 2.53. The molecule has 0 aromatic carbocycles. The molecule has 2 aliphatic rings. The number of carbonyl (C=O) groups is 1. The molecule has 0 bridgehead atoms. The van der Waals surface area contributed by atoms with Crippen molar-refractivity contribution in [2.75, 3.05) is 13.2 Å². The van der Waals surface area contributed by atoms with Crippen molar-refractivity contribution in [3.63, 3.8) is 0 Å². The van der Waals surface area contributed by atoms with E-state index in [0.29, 0.717) is 19.6 Å². The number of carboxylic acids is 1. The van der Waals surface area contributed by atoms with Gasteiger partial charge in [0.1, 0.15) is 0 Å². The zero-order valence-corrected chi connectivity index (χ0v) is 12.3.